The van der Waals surface area contributed by atoms with E-state index in [1.54, 1.807) is 25.1 Å². The quantitative estimate of drug-likeness (QED) is 0.664. The second kappa shape index (κ2) is 9.63. The number of sulfonamides is 1. The fourth-order valence-corrected chi connectivity index (χ4v) is 4.42. The lowest BCUT2D eigenvalue weighted by Gasteiger charge is -2.28. The highest BCUT2D eigenvalue weighted by Crippen LogP contribution is 2.22. The van der Waals surface area contributed by atoms with E-state index in [-0.39, 0.29) is 6.42 Å². The van der Waals surface area contributed by atoms with Gasteiger partial charge in [-0.2, -0.15) is 10.4 Å². The van der Waals surface area contributed by atoms with Crippen molar-refractivity contribution < 1.29 is 13.2 Å². The summed E-state index contributed by atoms with van der Waals surface area (Å²) in [5.41, 5.74) is 2.15. The van der Waals surface area contributed by atoms with Gasteiger partial charge in [0.2, 0.25) is 15.9 Å². The number of carbonyl (C=O) groups excluding carboxylic acids is 1. The molecule has 0 unspecified atom stereocenters. The highest BCUT2D eigenvalue weighted by atomic mass is 32.2. The SMILES string of the molecule is Cc1cc(NC(=O)CS(=O)(=O)Nc2ccc(N3CCCCC3)cc2)n(CCC#N)n1. The van der Waals surface area contributed by atoms with Gasteiger partial charge in [0.15, 0.2) is 0 Å². The maximum atomic E-state index is 12.4. The van der Waals surface area contributed by atoms with Gasteiger partial charge in [-0.1, -0.05) is 0 Å². The van der Waals surface area contributed by atoms with Gasteiger partial charge in [-0.3, -0.25) is 9.52 Å². The number of aromatic nitrogens is 2. The summed E-state index contributed by atoms with van der Waals surface area (Å²) in [5.74, 6) is -1.03. The first-order valence-corrected chi connectivity index (χ1v) is 11.6. The topological polar surface area (TPSA) is 120 Å². The van der Waals surface area contributed by atoms with Crippen molar-refractivity contribution in [2.75, 3.05) is 33.8 Å². The molecule has 160 valence electrons. The van der Waals surface area contributed by atoms with Crippen molar-refractivity contribution in [3.8, 4) is 6.07 Å². The fraction of sp³-hybridized carbons (Fsp3) is 0.450. The number of aryl methyl sites for hydroxylation is 2. The summed E-state index contributed by atoms with van der Waals surface area (Å²) in [6, 6.07) is 10.8. The van der Waals surface area contributed by atoms with E-state index in [0.29, 0.717) is 23.7 Å². The molecule has 1 aliphatic rings. The molecule has 1 amide bonds. The average Bonchev–Trinajstić information content (AvgIpc) is 3.05. The third kappa shape index (κ3) is 5.97. The summed E-state index contributed by atoms with van der Waals surface area (Å²) >= 11 is 0. The Labute approximate surface area is 176 Å². The van der Waals surface area contributed by atoms with Gasteiger partial charge < -0.3 is 10.2 Å². The minimum Gasteiger partial charge on any atom is -0.372 e. The molecule has 1 aromatic carbocycles. The van der Waals surface area contributed by atoms with Gasteiger partial charge in [-0.25, -0.2) is 13.1 Å². The number of amides is 1. The van der Waals surface area contributed by atoms with Crippen molar-refractivity contribution in [2.24, 2.45) is 0 Å². The van der Waals surface area contributed by atoms with E-state index in [4.69, 9.17) is 5.26 Å². The first-order chi connectivity index (χ1) is 14.4. The number of hydrogen-bond acceptors (Lipinski definition) is 6. The van der Waals surface area contributed by atoms with E-state index >= 15 is 0 Å². The summed E-state index contributed by atoms with van der Waals surface area (Å²) < 4.78 is 28.7. The molecule has 0 bridgehead atoms. The third-order valence-electron chi connectivity index (χ3n) is 4.79. The molecule has 30 heavy (non-hydrogen) atoms. The van der Waals surface area contributed by atoms with Crippen LogP contribution in [-0.2, 0) is 21.4 Å². The van der Waals surface area contributed by atoms with Crippen LogP contribution in [-0.4, -0.2) is 42.9 Å². The van der Waals surface area contributed by atoms with Crippen molar-refractivity contribution in [3.05, 3.63) is 36.0 Å². The summed E-state index contributed by atoms with van der Waals surface area (Å²) in [4.78, 5) is 14.6. The summed E-state index contributed by atoms with van der Waals surface area (Å²) in [6.45, 7) is 4.09. The van der Waals surface area contributed by atoms with Gasteiger partial charge in [0, 0.05) is 30.5 Å². The lowest BCUT2D eigenvalue weighted by atomic mass is 10.1. The molecular formula is C20H26N6O3S. The number of nitrogens with zero attached hydrogens (tertiary/aromatic N) is 4. The molecule has 2 aromatic rings. The Hall–Kier alpha value is -3.06. The van der Waals surface area contributed by atoms with Crippen molar-refractivity contribution in [1.82, 2.24) is 9.78 Å². The van der Waals surface area contributed by atoms with E-state index < -0.39 is 21.7 Å². The number of nitriles is 1. The number of anilines is 3. The molecule has 2 heterocycles. The zero-order valence-electron chi connectivity index (χ0n) is 17.0. The van der Waals surface area contributed by atoms with Crippen LogP contribution in [0, 0.1) is 18.3 Å². The Morgan fingerprint density at radius 2 is 1.90 bits per heavy atom. The number of piperidine rings is 1. The zero-order valence-corrected chi connectivity index (χ0v) is 17.8. The summed E-state index contributed by atoms with van der Waals surface area (Å²) in [6.07, 6.45) is 3.81. The van der Waals surface area contributed by atoms with Crippen molar-refractivity contribution >= 4 is 33.1 Å². The van der Waals surface area contributed by atoms with Gasteiger partial charge in [0.25, 0.3) is 0 Å². The zero-order chi connectivity index (χ0) is 21.6. The number of nitrogens with one attached hydrogen (secondary N) is 2. The minimum atomic E-state index is -3.87. The second-order valence-corrected chi connectivity index (χ2v) is 9.03. The predicted octanol–water partition coefficient (Wildman–Crippen LogP) is 2.48. The van der Waals surface area contributed by atoms with Gasteiger partial charge in [-0.15, -0.1) is 0 Å². The number of benzene rings is 1. The monoisotopic (exact) mass is 430 g/mol. The van der Waals surface area contributed by atoms with Crippen LogP contribution in [0.4, 0.5) is 17.2 Å². The van der Waals surface area contributed by atoms with Crippen LogP contribution < -0.4 is 14.9 Å². The van der Waals surface area contributed by atoms with Gasteiger partial charge in [-0.05, 0) is 50.5 Å². The highest BCUT2D eigenvalue weighted by Gasteiger charge is 2.19. The van der Waals surface area contributed by atoms with Crippen molar-refractivity contribution in [1.29, 1.82) is 5.26 Å². The largest absolute Gasteiger partial charge is 0.372 e. The highest BCUT2D eigenvalue weighted by molar-refractivity contribution is 7.93. The van der Waals surface area contributed by atoms with Crippen LogP contribution in [0.2, 0.25) is 0 Å². The number of rotatable bonds is 8. The Bertz CT molecular complexity index is 1020. The van der Waals surface area contributed by atoms with E-state index in [1.807, 2.05) is 18.2 Å². The molecule has 10 heteroatoms. The smallest absolute Gasteiger partial charge is 0.242 e. The van der Waals surface area contributed by atoms with Crippen LogP contribution in [0.15, 0.2) is 30.3 Å². The van der Waals surface area contributed by atoms with Crippen molar-refractivity contribution in [3.63, 3.8) is 0 Å². The fourth-order valence-electron chi connectivity index (χ4n) is 3.43. The average molecular weight is 431 g/mol. The minimum absolute atomic E-state index is 0.233. The van der Waals surface area contributed by atoms with Gasteiger partial charge in [0.05, 0.1) is 24.7 Å². The van der Waals surface area contributed by atoms with E-state index in [2.05, 4.69) is 20.0 Å². The molecule has 0 spiro atoms. The third-order valence-corrected chi connectivity index (χ3v) is 5.98. The van der Waals surface area contributed by atoms with Crippen LogP contribution in [0.3, 0.4) is 0 Å². The molecule has 0 saturated carbocycles. The molecule has 0 radical (unpaired) electrons. The van der Waals surface area contributed by atoms with Gasteiger partial charge >= 0.3 is 0 Å². The molecule has 1 aromatic heterocycles. The maximum Gasteiger partial charge on any atom is 0.242 e. The van der Waals surface area contributed by atoms with Crippen LogP contribution in [0.5, 0.6) is 0 Å². The molecular weight excluding hydrogens is 404 g/mol. The van der Waals surface area contributed by atoms with Crippen molar-refractivity contribution in [2.45, 2.75) is 39.2 Å². The first kappa shape index (κ1) is 21.6. The molecule has 1 fully saturated rings. The first-order valence-electron chi connectivity index (χ1n) is 9.93. The molecule has 3 rings (SSSR count). The Morgan fingerprint density at radius 1 is 1.20 bits per heavy atom. The number of hydrogen-bond donors (Lipinski definition) is 2. The van der Waals surface area contributed by atoms with Gasteiger partial charge in [0.1, 0.15) is 11.6 Å². The summed E-state index contributed by atoms with van der Waals surface area (Å²) in [7, 11) is -3.87. The van der Waals surface area contributed by atoms with Crippen LogP contribution in [0.1, 0.15) is 31.4 Å². The lowest BCUT2D eigenvalue weighted by molar-refractivity contribution is -0.113. The van der Waals surface area contributed by atoms with E-state index in [0.717, 1.165) is 18.8 Å². The Balaban J connectivity index is 1.58. The normalized spacial score (nSPS) is 14.2. The molecule has 0 aliphatic carbocycles. The predicted molar refractivity (Wildman–Crippen MR) is 116 cm³/mol. The van der Waals surface area contributed by atoms with Crippen LogP contribution in [0.25, 0.3) is 0 Å². The van der Waals surface area contributed by atoms with Crippen LogP contribution >= 0.6 is 0 Å². The molecule has 9 nitrogen and oxygen atoms in total. The summed E-state index contributed by atoms with van der Waals surface area (Å²) in [5, 5.41) is 15.5. The van der Waals surface area contributed by atoms with E-state index in [1.165, 1.54) is 23.9 Å². The lowest BCUT2D eigenvalue weighted by Crippen LogP contribution is -2.29. The Morgan fingerprint density at radius 3 is 2.57 bits per heavy atom. The molecule has 1 aliphatic heterocycles. The Kier molecular flexibility index (Phi) is 6.95. The molecule has 0 atom stereocenters. The standard InChI is InChI=1S/C20H26N6O3S/c1-16-14-19(26(23-16)13-5-10-21)22-20(27)15-30(28,29)24-17-6-8-18(9-7-17)25-11-3-2-4-12-25/h6-9,14,24H,2-5,11-13,15H2,1H3,(H,22,27). The van der Waals surface area contributed by atoms with E-state index in [9.17, 15) is 13.2 Å². The second-order valence-electron chi connectivity index (χ2n) is 7.31. The molecule has 2 N–H and O–H groups in total. The molecule has 1 saturated heterocycles. The number of carbonyl (C=O) groups is 1. The maximum absolute atomic E-state index is 12.4.